The Bertz CT molecular complexity index is 749. The normalized spacial score (nSPS) is 12.4. The van der Waals surface area contributed by atoms with Gasteiger partial charge in [0.2, 0.25) is 10.0 Å². The van der Waals surface area contributed by atoms with Gasteiger partial charge in [-0.05, 0) is 45.0 Å². The lowest BCUT2D eigenvalue weighted by Gasteiger charge is -2.15. The summed E-state index contributed by atoms with van der Waals surface area (Å²) in [5.41, 5.74) is 3.80. The molecule has 0 radical (unpaired) electrons. The predicted octanol–water partition coefficient (Wildman–Crippen LogP) is -0.835. The van der Waals surface area contributed by atoms with Gasteiger partial charge in [-0.1, -0.05) is 0 Å². The smallest absolute Gasteiger partial charge is 0.327 e. The SMILES string of the molecule is CC(C)NC(=O)C(=O)NNC(=O)[C@H](C)NS(=O)(=O)c1ccc(F)cc1. The van der Waals surface area contributed by atoms with Crippen LogP contribution in [0.2, 0.25) is 0 Å². The Balaban J connectivity index is 2.60. The van der Waals surface area contributed by atoms with Crippen molar-refractivity contribution in [2.45, 2.75) is 37.8 Å². The van der Waals surface area contributed by atoms with Crippen molar-refractivity contribution in [3.05, 3.63) is 30.1 Å². The van der Waals surface area contributed by atoms with Crippen LogP contribution in [0.25, 0.3) is 0 Å². The quantitative estimate of drug-likeness (QED) is 0.394. The minimum Gasteiger partial charge on any atom is -0.346 e. The highest BCUT2D eigenvalue weighted by Gasteiger charge is 2.23. The molecule has 11 heteroatoms. The first-order chi connectivity index (χ1) is 11.5. The summed E-state index contributed by atoms with van der Waals surface area (Å²) in [6.45, 7) is 4.53. The maximum Gasteiger partial charge on any atom is 0.327 e. The molecule has 4 N–H and O–H groups in total. The van der Waals surface area contributed by atoms with Crippen molar-refractivity contribution in [2.24, 2.45) is 0 Å². The van der Waals surface area contributed by atoms with E-state index in [2.05, 4.69) is 10.0 Å². The standard InChI is InChI=1S/C14H19FN4O5S/c1-8(2)16-13(21)14(22)18-17-12(20)9(3)19-25(23,24)11-6-4-10(15)5-7-11/h4-9,19H,1-3H3,(H,16,21)(H,17,20)(H,18,22)/t9-/m0/s1. The van der Waals surface area contributed by atoms with Crippen molar-refractivity contribution in [1.82, 2.24) is 20.9 Å². The summed E-state index contributed by atoms with van der Waals surface area (Å²) in [4.78, 5) is 34.4. The van der Waals surface area contributed by atoms with Gasteiger partial charge in [0.25, 0.3) is 5.91 Å². The Labute approximate surface area is 144 Å². The number of sulfonamides is 1. The van der Waals surface area contributed by atoms with E-state index in [9.17, 15) is 27.2 Å². The van der Waals surface area contributed by atoms with E-state index in [0.29, 0.717) is 0 Å². The van der Waals surface area contributed by atoms with Crippen LogP contribution in [0.3, 0.4) is 0 Å². The predicted molar refractivity (Wildman–Crippen MR) is 85.7 cm³/mol. The summed E-state index contributed by atoms with van der Waals surface area (Å²) < 4.78 is 39.0. The summed E-state index contributed by atoms with van der Waals surface area (Å²) in [6, 6.07) is 2.49. The van der Waals surface area contributed by atoms with E-state index >= 15 is 0 Å². The molecule has 0 heterocycles. The largest absolute Gasteiger partial charge is 0.346 e. The first kappa shape index (κ1) is 20.5. The van der Waals surface area contributed by atoms with Crippen molar-refractivity contribution in [1.29, 1.82) is 0 Å². The second-order valence-electron chi connectivity index (χ2n) is 5.37. The van der Waals surface area contributed by atoms with Crippen LogP contribution in [-0.4, -0.2) is 38.2 Å². The van der Waals surface area contributed by atoms with Gasteiger partial charge >= 0.3 is 11.8 Å². The van der Waals surface area contributed by atoms with Gasteiger partial charge < -0.3 is 5.32 Å². The Hall–Kier alpha value is -2.53. The van der Waals surface area contributed by atoms with Gasteiger partial charge in [0.05, 0.1) is 10.9 Å². The number of hydrogen-bond donors (Lipinski definition) is 4. The van der Waals surface area contributed by atoms with Crippen LogP contribution in [0.15, 0.2) is 29.2 Å². The number of nitrogens with one attached hydrogen (secondary N) is 4. The molecule has 0 saturated heterocycles. The number of hydrazine groups is 1. The summed E-state index contributed by atoms with van der Waals surface area (Å²) in [5.74, 6) is -3.55. The highest BCUT2D eigenvalue weighted by Crippen LogP contribution is 2.10. The molecule has 25 heavy (non-hydrogen) atoms. The third-order valence-electron chi connectivity index (χ3n) is 2.77. The van der Waals surface area contributed by atoms with Crippen LogP contribution in [0.5, 0.6) is 0 Å². The minimum absolute atomic E-state index is 0.228. The first-order valence-electron chi connectivity index (χ1n) is 7.21. The molecule has 0 spiro atoms. The van der Waals surface area contributed by atoms with E-state index in [0.717, 1.165) is 24.3 Å². The summed E-state index contributed by atoms with van der Waals surface area (Å²) in [6.07, 6.45) is 0. The Morgan fingerprint density at radius 3 is 2.04 bits per heavy atom. The fourth-order valence-electron chi connectivity index (χ4n) is 1.58. The van der Waals surface area contributed by atoms with Crippen molar-refractivity contribution < 1.29 is 27.2 Å². The third kappa shape index (κ3) is 6.47. The molecule has 0 saturated carbocycles. The third-order valence-corrected chi connectivity index (χ3v) is 4.33. The lowest BCUT2D eigenvalue weighted by atomic mass is 10.3. The molecule has 0 aliphatic rings. The average molecular weight is 374 g/mol. The molecule has 1 rings (SSSR count). The molecule has 0 aromatic heterocycles. The summed E-state index contributed by atoms with van der Waals surface area (Å²) in [5, 5.41) is 2.32. The number of carbonyl (C=O) groups excluding carboxylic acids is 3. The molecular weight excluding hydrogens is 355 g/mol. The van der Waals surface area contributed by atoms with Crippen LogP contribution < -0.4 is 20.9 Å². The molecule has 0 fully saturated rings. The maximum absolute atomic E-state index is 12.8. The van der Waals surface area contributed by atoms with Crippen molar-refractivity contribution in [3.8, 4) is 0 Å². The van der Waals surface area contributed by atoms with Gasteiger partial charge in [0, 0.05) is 6.04 Å². The molecular formula is C14H19FN4O5S. The fraction of sp³-hybridized carbons (Fsp3) is 0.357. The fourth-order valence-corrected chi connectivity index (χ4v) is 2.78. The van der Waals surface area contributed by atoms with Gasteiger partial charge in [0.15, 0.2) is 0 Å². The van der Waals surface area contributed by atoms with E-state index in [-0.39, 0.29) is 10.9 Å². The van der Waals surface area contributed by atoms with Crippen LogP contribution in [0.1, 0.15) is 20.8 Å². The molecule has 9 nitrogen and oxygen atoms in total. The lowest BCUT2D eigenvalue weighted by Crippen LogP contribution is -2.54. The summed E-state index contributed by atoms with van der Waals surface area (Å²) >= 11 is 0. The molecule has 1 aromatic carbocycles. The molecule has 0 bridgehead atoms. The van der Waals surface area contributed by atoms with E-state index in [4.69, 9.17) is 0 Å². The second-order valence-corrected chi connectivity index (χ2v) is 7.08. The van der Waals surface area contributed by atoms with Crippen LogP contribution in [0.4, 0.5) is 4.39 Å². The lowest BCUT2D eigenvalue weighted by molar-refractivity contribution is -0.141. The first-order valence-corrected chi connectivity index (χ1v) is 8.70. The Kier molecular flexibility index (Phi) is 7.00. The monoisotopic (exact) mass is 374 g/mol. The average Bonchev–Trinajstić information content (AvgIpc) is 2.51. The molecule has 1 atom stereocenters. The number of carbonyl (C=O) groups is 3. The van der Waals surface area contributed by atoms with E-state index < -0.39 is 39.6 Å². The molecule has 1 aromatic rings. The van der Waals surface area contributed by atoms with Crippen LogP contribution in [-0.2, 0) is 24.4 Å². The Morgan fingerprint density at radius 2 is 1.52 bits per heavy atom. The van der Waals surface area contributed by atoms with Gasteiger partial charge in [-0.25, -0.2) is 12.8 Å². The molecule has 0 aliphatic heterocycles. The van der Waals surface area contributed by atoms with Gasteiger partial charge in [-0.3, -0.25) is 25.2 Å². The van der Waals surface area contributed by atoms with Gasteiger partial charge in [-0.2, -0.15) is 4.72 Å². The zero-order valence-corrected chi connectivity index (χ0v) is 14.6. The number of halogens is 1. The summed E-state index contributed by atoms with van der Waals surface area (Å²) in [7, 11) is -4.06. The molecule has 0 aliphatic carbocycles. The van der Waals surface area contributed by atoms with Gasteiger partial charge in [0.1, 0.15) is 5.82 Å². The second kappa shape index (κ2) is 8.53. The number of benzene rings is 1. The van der Waals surface area contributed by atoms with Crippen molar-refractivity contribution >= 4 is 27.7 Å². The van der Waals surface area contributed by atoms with E-state index in [1.54, 1.807) is 13.8 Å². The molecule has 3 amide bonds. The highest BCUT2D eigenvalue weighted by molar-refractivity contribution is 7.89. The van der Waals surface area contributed by atoms with Crippen molar-refractivity contribution in [2.75, 3.05) is 0 Å². The molecule has 0 unspecified atom stereocenters. The number of amides is 3. The number of rotatable bonds is 5. The Morgan fingerprint density at radius 1 is 0.960 bits per heavy atom. The van der Waals surface area contributed by atoms with Crippen LogP contribution >= 0.6 is 0 Å². The number of hydrogen-bond acceptors (Lipinski definition) is 5. The zero-order valence-electron chi connectivity index (χ0n) is 13.8. The maximum atomic E-state index is 12.8. The van der Waals surface area contributed by atoms with Crippen molar-refractivity contribution in [3.63, 3.8) is 0 Å². The van der Waals surface area contributed by atoms with Gasteiger partial charge in [-0.15, -0.1) is 0 Å². The van der Waals surface area contributed by atoms with Crippen LogP contribution in [0, 0.1) is 5.82 Å². The molecule has 138 valence electrons. The minimum atomic E-state index is -4.06. The zero-order chi connectivity index (χ0) is 19.2. The van der Waals surface area contributed by atoms with E-state index in [1.807, 2.05) is 10.9 Å². The topological polar surface area (TPSA) is 133 Å². The highest BCUT2D eigenvalue weighted by atomic mass is 32.2. The van der Waals surface area contributed by atoms with E-state index in [1.165, 1.54) is 6.92 Å².